The van der Waals surface area contributed by atoms with Crippen molar-refractivity contribution in [2.24, 2.45) is 0 Å². The number of nitrogens with zero attached hydrogens (tertiary/aromatic N) is 5. The number of alkyl halides is 3. The van der Waals surface area contributed by atoms with Crippen LogP contribution < -0.4 is 5.84 Å². The standard InChI is InChI=1S/C13H11F3N6OS/c1-7(24-12-21-20-11(22(12)17)13(14,15)16)9-18-19-10(23-9)8-5-3-2-4-6-8/h2-7H,17H2,1H3/t7-/m0/s1. The monoisotopic (exact) mass is 356 g/mol. The molecule has 126 valence electrons. The van der Waals surface area contributed by atoms with Crippen LogP contribution in [0.4, 0.5) is 13.2 Å². The quantitative estimate of drug-likeness (QED) is 0.567. The van der Waals surface area contributed by atoms with Crippen molar-refractivity contribution in [3.05, 3.63) is 42.0 Å². The molecule has 11 heteroatoms. The van der Waals surface area contributed by atoms with Gasteiger partial charge in [-0.05, 0) is 19.1 Å². The Kier molecular flexibility index (Phi) is 4.18. The maximum absolute atomic E-state index is 12.7. The molecule has 2 N–H and O–H groups in total. The highest BCUT2D eigenvalue weighted by atomic mass is 32.2. The first-order valence-corrected chi connectivity index (χ1v) is 7.57. The van der Waals surface area contributed by atoms with E-state index in [0.29, 0.717) is 10.6 Å². The van der Waals surface area contributed by atoms with Gasteiger partial charge in [0.15, 0.2) is 0 Å². The summed E-state index contributed by atoms with van der Waals surface area (Å²) in [7, 11) is 0. The van der Waals surface area contributed by atoms with Crippen molar-refractivity contribution in [2.45, 2.75) is 23.5 Å². The highest BCUT2D eigenvalue weighted by Gasteiger charge is 2.38. The number of hydrogen-bond donors (Lipinski definition) is 1. The molecule has 0 aliphatic rings. The van der Waals surface area contributed by atoms with Crippen molar-refractivity contribution in [1.29, 1.82) is 0 Å². The summed E-state index contributed by atoms with van der Waals surface area (Å²) < 4.78 is 43.9. The molecule has 0 aliphatic carbocycles. The lowest BCUT2D eigenvalue weighted by Crippen LogP contribution is -2.21. The lowest BCUT2D eigenvalue weighted by atomic mass is 10.2. The molecule has 1 atom stereocenters. The summed E-state index contributed by atoms with van der Waals surface area (Å²) in [5.74, 6) is 4.69. The molecule has 0 bridgehead atoms. The molecular weight excluding hydrogens is 345 g/mol. The van der Waals surface area contributed by atoms with Crippen LogP contribution >= 0.6 is 11.8 Å². The van der Waals surface area contributed by atoms with E-state index in [2.05, 4.69) is 20.4 Å². The van der Waals surface area contributed by atoms with Crippen molar-refractivity contribution in [3.63, 3.8) is 0 Å². The maximum Gasteiger partial charge on any atom is 0.453 e. The van der Waals surface area contributed by atoms with Crippen LogP contribution in [0.25, 0.3) is 11.5 Å². The average Bonchev–Trinajstić information content (AvgIpc) is 3.15. The lowest BCUT2D eigenvalue weighted by molar-refractivity contribution is -0.146. The van der Waals surface area contributed by atoms with Gasteiger partial charge in [-0.1, -0.05) is 30.0 Å². The second-order valence-electron chi connectivity index (χ2n) is 4.75. The zero-order chi connectivity index (χ0) is 17.3. The fourth-order valence-electron chi connectivity index (χ4n) is 1.86. The normalized spacial score (nSPS) is 13.2. The highest BCUT2D eigenvalue weighted by Crippen LogP contribution is 2.35. The average molecular weight is 356 g/mol. The molecule has 0 fully saturated rings. The van der Waals surface area contributed by atoms with Gasteiger partial charge < -0.3 is 10.3 Å². The van der Waals surface area contributed by atoms with Crippen LogP contribution in [-0.2, 0) is 6.18 Å². The first-order chi connectivity index (χ1) is 11.4. The van der Waals surface area contributed by atoms with Gasteiger partial charge in [-0.15, -0.1) is 20.4 Å². The van der Waals surface area contributed by atoms with Crippen LogP contribution in [0, 0.1) is 0 Å². The number of halogens is 3. The number of benzene rings is 1. The zero-order valence-electron chi connectivity index (χ0n) is 12.2. The molecule has 0 spiro atoms. The minimum absolute atomic E-state index is 0.103. The summed E-state index contributed by atoms with van der Waals surface area (Å²) in [5, 5.41) is 13.8. The van der Waals surface area contributed by atoms with Crippen LogP contribution in [-0.4, -0.2) is 25.1 Å². The lowest BCUT2D eigenvalue weighted by Gasteiger charge is -2.08. The first-order valence-electron chi connectivity index (χ1n) is 6.69. The van der Waals surface area contributed by atoms with E-state index < -0.39 is 17.3 Å². The van der Waals surface area contributed by atoms with E-state index >= 15 is 0 Å². The molecule has 0 aliphatic heterocycles. The molecule has 24 heavy (non-hydrogen) atoms. The molecule has 0 saturated heterocycles. The third kappa shape index (κ3) is 3.20. The van der Waals surface area contributed by atoms with E-state index in [1.165, 1.54) is 0 Å². The van der Waals surface area contributed by atoms with Gasteiger partial charge in [-0.2, -0.15) is 13.2 Å². The molecule has 1 aromatic carbocycles. The minimum Gasteiger partial charge on any atom is -0.419 e. The second kappa shape index (κ2) is 6.15. The topological polar surface area (TPSA) is 95.7 Å². The Morgan fingerprint density at radius 2 is 1.83 bits per heavy atom. The van der Waals surface area contributed by atoms with Gasteiger partial charge in [0, 0.05) is 5.56 Å². The summed E-state index contributed by atoms with van der Waals surface area (Å²) in [4.78, 5) is 0. The molecule has 3 rings (SSSR count). The highest BCUT2D eigenvalue weighted by molar-refractivity contribution is 7.99. The van der Waals surface area contributed by atoms with E-state index in [4.69, 9.17) is 10.3 Å². The van der Waals surface area contributed by atoms with Crippen molar-refractivity contribution >= 4 is 11.8 Å². The molecule has 3 aromatic rings. The number of aromatic nitrogens is 5. The van der Waals surface area contributed by atoms with Gasteiger partial charge in [0.25, 0.3) is 5.82 Å². The number of thioether (sulfide) groups is 1. The summed E-state index contributed by atoms with van der Waals surface area (Å²) in [5.41, 5.74) is 0.745. The van der Waals surface area contributed by atoms with Crippen LogP contribution in [0.5, 0.6) is 0 Å². The zero-order valence-corrected chi connectivity index (χ0v) is 13.0. The fourth-order valence-corrected chi connectivity index (χ4v) is 2.66. The van der Waals surface area contributed by atoms with Crippen molar-refractivity contribution in [1.82, 2.24) is 25.1 Å². The molecule has 0 saturated carbocycles. The molecule has 7 nitrogen and oxygen atoms in total. The number of rotatable bonds is 4. The summed E-state index contributed by atoms with van der Waals surface area (Å²) in [6.07, 6.45) is -4.67. The predicted molar refractivity (Wildman–Crippen MR) is 79.2 cm³/mol. The minimum atomic E-state index is -4.67. The summed E-state index contributed by atoms with van der Waals surface area (Å²) in [6, 6.07) is 9.12. The molecule has 0 radical (unpaired) electrons. The van der Waals surface area contributed by atoms with Gasteiger partial charge >= 0.3 is 6.18 Å². The van der Waals surface area contributed by atoms with Crippen molar-refractivity contribution in [3.8, 4) is 11.5 Å². The second-order valence-corrected chi connectivity index (χ2v) is 6.05. The van der Waals surface area contributed by atoms with Crippen LogP contribution in [0.2, 0.25) is 0 Å². The van der Waals surface area contributed by atoms with Crippen LogP contribution in [0.3, 0.4) is 0 Å². The van der Waals surface area contributed by atoms with Gasteiger partial charge in [0.1, 0.15) is 0 Å². The summed E-state index contributed by atoms with van der Waals surface area (Å²) in [6.45, 7) is 1.69. The summed E-state index contributed by atoms with van der Waals surface area (Å²) >= 11 is 0.937. The Morgan fingerprint density at radius 1 is 1.12 bits per heavy atom. The third-order valence-electron chi connectivity index (χ3n) is 3.01. The Bertz CT molecular complexity index is 832. The van der Waals surface area contributed by atoms with E-state index in [-0.39, 0.29) is 11.0 Å². The van der Waals surface area contributed by atoms with Crippen LogP contribution in [0.1, 0.15) is 23.9 Å². The van der Waals surface area contributed by atoms with Crippen LogP contribution in [0.15, 0.2) is 39.9 Å². The van der Waals surface area contributed by atoms with Gasteiger partial charge in [-0.3, -0.25) is 0 Å². The Hall–Kier alpha value is -2.56. The first kappa shape index (κ1) is 16.3. The van der Waals surface area contributed by atoms with Gasteiger partial charge in [0.05, 0.1) is 5.25 Å². The smallest absolute Gasteiger partial charge is 0.419 e. The molecule has 2 heterocycles. The fraction of sp³-hybridized carbons (Fsp3) is 0.231. The van der Waals surface area contributed by atoms with Gasteiger partial charge in [0.2, 0.25) is 16.9 Å². The van der Waals surface area contributed by atoms with E-state index in [1.54, 1.807) is 19.1 Å². The number of nitrogens with two attached hydrogens (primary N) is 1. The molecular formula is C13H11F3N6OS. The van der Waals surface area contributed by atoms with Gasteiger partial charge in [-0.25, -0.2) is 4.68 Å². The van der Waals surface area contributed by atoms with Crippen molar-refractivity contribution < 1.29 is 17.6 Å². The van der Waals surface area contributed by atoms with E-state index in [0.717, 1.165) is 17.3 Å². The van der Waals surface area contributed by atoms with Crippen molar-refractivity contribution in [2.75, 3.05) is 5.84 Å². The maximum atomic E-state index is 12.7. The number of nitrogen functional groups attached to an aromatic ring is 1. The van der Waals surface area contributed by atoms with E-state index in [1.807, 2.05) is 18.2 Å². The number of hydrogen-bond acceptors (Lipinski definition) is 7. The largest absolute Gasteiger partial charge is 0.453 e. The Labute approximate surface area is 138 Å². The SMILES string of the molecule is C[C@H](Sc1nnc(C(F)(F)F)n1N)c1nnc(-c2ccccc2)o1. The van der Waals surface area contributed by atoms with E-state index in [9.17, 15) is 13.2 Å². The Morgan fingerprint density at radius 3 is 2.46 bits per heavy atom. The predicted octanol–water partition coefficient (Wildman–Crippen LogP) is 2.91. The third-order valence-corrected chi connectivity index (χ3v) is 4.05. The Balaban J connectivity index is 1.78. The molecule has 0 amide bonds. The molecule has 2 aromatic heterocycles. The molecule has 0 unspecified atom stereocenters.